The van der Waals surface area contributed by atoms with Gasteiger partial charge in [-0.25, -0.2) is 14.6 Å². The number of aromatic nitrogens is 4. The standard InChI is InChI=1S/C10H11N5S/c1-6-3-7(2)14-10(8(6)9(11)16)15-5-12-4-13-15/h3-5H,1-2H3,(H2,11,16). The maximum absolute atomic E-state index is 5.70. The number of nitrogens with zero attached hydrogens (tertiary/aromatic N) is 4. The molecule has 2 aromatic heterocycles. The van der Waals surface area contributed by atoms with Gasteiger partial charge in [0.15, 0.2) is 5.82 Å². The minimum atomic E-state index is 0.315. The van der Waals surface area contributed by atoms with Gasteiger partial charge in [0.1, 0.15) is 17.6 Å². The normalized spacial score (nSPS) is 10.4. The summed E-state index contributed by atoms with van der Waals surface area (Å²) in [6.45, 7) is 3.86. The zero-order valence-corrected chi connectivity index (χ0v) is 9.82. The lowest BCUT2D eigenvalue weighted by atomic mass is 10.1. The zero-order valence-electron chi connectivity index (χ0n) is 9.01. The van der Waals surface area contributed by atoms with Crippen molar-refractivity contribution in [1.82, 2.24) is 19.7 Å². The van der Waals surface area contributed by atoms with Gasteiger partial charge in [-0.2, -0.15) is 5.10 Å². The summed E-state index contributed by atoms with van der Waals surface area (Å²) in [7, 11) is 0. The van der Waals surface area contributed by atoms with E-state index in [4.69, 9.17) is 18.0 Å². The molecule has 0 unspecified atom stereocenters. The van der Waals surface area contributed by atoms with Crippen LogP contribution in [0.3, 0.4) is 0 Å². The summed E-state index contributed by atoms with van der Waals surface area (Å²) in [5.41, 5.74) is 8.33. The van der Waals surface area contributed by atoms with Crippen molar-refractivity contribution in [3.63, 3.8) is 0 Å². The van der Waals surface area contributed by atoms with Crippen molar-refractivity contribution in [1.29, 1.82) is 0 Å². The van der Waals surface area contributed by atoms with Crippen LogP contribution in [0.5, 0.6) is 0 Å². The van der Waals surface area contributed by atoms with Crippen LogP contribution in [0.25, 0.3) is 5.82 Å². The first kappa shape index (κ1) is 10.7. The molecule has 82 valence electrons. The fourth-order valence-electron chi connectivity index (χ4n) is 1.60. The molecule has 0 aliphatic heterocycles. The van der Waals surface area contributed by atoms with Crippen molar-refractivity contribution >= 4 is 17.2 Å². The first-order valence-electron chi connectivity index (χ1n) is 4.72. The van der Waals surface area contributed by atoms with Gasteiger partial charge in [-0.1, -0.05) is 12.2 Å². The molecule has 0 amide bonds. The van der Waals surface area contributed by atoms with E-state index in [1.165, 1.54) is 6.33 Å². The van der Waals surface area contributed by atoms with Gasteiger partial charge in [0.25, 0.3) is 0 Å². The smallest absolute Gasteiger partial charge is 0.165 e. The Morgan fingerprint density at radius 1 is 1.44 bits per heavy atom. The Balaban J connectivity index is 2.72. The summed E-state index contributed by atoms with van der Waals surface area (Å²) in [5.74, 6) is 0.627. The van der Waals surface area contributed by atoms with Crippen molar-refractivity contribution in [2.75, 3.05) is 0 Å². The maximum atomic E-state index is 5.70. The van der Waals surface area contributed by atoms with Gasteiger partial charge < -0.3 is 5.73 Å². The molecular formula is C10H11N5S. The highest BCUT2D eigenvalue weighted by Crippen LogP contribution is 2.16. The number of nitrogens with two attached hydrogens (primary N) is 1. The molecule has 6 heteroatoms. The lowest BCUT2D eigenvalue weighted by molar-refractivity contribution is 0.834. The SMILES string of the molecule is Cc1cc(C)c(C(N)=S)c(-n2cncn2)n1. The van der Waals surface area contributed by atoms with Gasteiger partial charge in [0, 0.05) is 5.69 Å². The molecule has 2 N–H and O–H groups in total. The van der Waals surface area contributed by atoms with Crippen LogP contribution in [0.15, 0.2) is 18.7 Å². The lowest BCUT2D eigenvalue weighted by Crippen LogP contribution is -2.17. The van der Waals surface area contributed by atoms with E-state index in [9.17, 15) is 0 Å². The van der Waals surface area contributed by atoms with E-state index < -0.39 is 0 Å². The second-order valence-corrected chi connectivity index (χ2v) is 3.92. The first-order valence-corrected chi connectivity index (χ1v) is 5.13. The number of aryl methyl sites for hydroxylation is 2. The molecule has 2 aromatic rings. The lowest BCUT2D eigenvalue weighted by Gasteiger charge is -2.10. The molecule has 2 rings (SSSR count). The highest BCUT2D eigenvalue weighted by Gasteiger charge is 2.13. The summed E-state index contributed by atoms with van der Waals surface area (Å²) in [4.78, 5) is 8.59. The third-order valence-electron chi connectivity index (χ3n) is 2.21. The molecule has 0 aliphatic rings. The molecule has 0 saturated carbocycles. The van der Waals surface area contributed by atoms with E-state index in [1.807, 2.05) is 19.9 Å². The monoisotopic (exact) mass is 233 g/mol. The van der Waals surface area contributed by atoms with Crippen LogP contribution in [0, 0.1) is 13.8 Å². The van der Waals surface area contributed by atoms with E-state index in [0.29, 0.717) is 10.8 Å². The number of pyridine rings is 1. The molecule has 0 aromatic carbocycles. The van der Waals surface area contributed by atoms with Crippen molar-refractivity contribution in [2.45, 2.75) is 13.8 Å². The van der Waals surface area contributed by atoms with Crippen LogP contribution in [0.4, 0.5) is 0 Å². The highest BCUT2D eigenvalue weighted by atomic mass is 32.1. The molecule has 0 bridgehead atoms. The molecule has 2 heterocycles. The summed E-state index contributed by atoms with van der Waals surface area (Å²) in [5, 5.41) is 4.04. The first-order chi connectivity index (χ1) is 7.59. The van der Waals surface area contributed by atoms with Crippen LogP contribution >= 0.6 is 12.2 Å². The Bertz CT molecular complexity index is 532. The Morgan fingerprint density at radius 3 is 2.75 bits per heavy atom. The quantitative estimate of drug-likeness (QED) is 0.781. The number of thiocarbonyl (C=S) groups is 1. The summed E-state index contributed by atoms with van der Waals surface area (Å²) < 4.78 is 1.56. The van der Waals surface area contributed by atoms with Gasteiger partial charge in [0.2, 0.25) is 0 Å². The molecule has 16 heavy (non-hydrogen) atoms. The van der Waals surface area contributed by atoms with Gasteiger partial charge in [-0.3, -0.25) is 0 Å². The summed E-state index contributed by atoms with van der Waals surface area (Å²) >= 11 is 5.03. The minimum absolute atomic E-state index is 0.315. The van der Waals surface area contributed by atoms with Crippen LogP contribution in [-0.4, -0.2) is 24.7 Å². The van der Waals surface area contributed by atoms with Crippen molar-refractivity contribution in [2.24, 2.45) is 5.73 Å². The molecule has 0 saturated heterocycles. The van der Waals surface area contributed by atoms with Crippen LogP contribution in [0.1, 0.15) is 16.8 Å². The van der Waals surface area contributed by atoms with E-state index in [-0.39, 0.29) is 0 Å². The van der Waals surface area contributed by atoms with Crippen molar-refractivity contribution < 1.29 is 0 Å². The molecule has 0 spiro atoms. The molecule has 0 radical (unpaired) electrons. The van der Waals surface area contributed by atoms with Crippen molar-refractivity contribution in [3.8, 4) is 5.82 Å². The molecule has 0 aliphatic carbocycles. The maximum Gasteiger partial charge on any atom is 0.165 e. The van der Waals surface area contributed by atoms with Gasteiger partial charge in [-0.15, -0.1) is 0 Å². The Labute approximate surface area is 98.3 Å². The average molecular weight is 233 g/mol. The Kier molecular flexibility index (Phi) is 2.66. The van der Waals surface area contributed by atoms with E-state index in [0.717, 1.165) is 16.8 Å². The average Bonchev–Trinajstić information content (AvgIpc) is 2.67. The minimum Gasteiger partial charge on any atom is -0.389 e. The van der Waals surface area contributed by atoms with E-state index in [1.54, 1.807) is 11.0 Å². The van der Waals surface area contributed by atoms with Crippen molar-refractivity contribution in [3.05, 3.63) is 35.5 Å². The topological polar surface area (TPSA) is 69.6 Å². The number of hydrogen-bond donors (Lipinski definition) is 1. The third-order valence-corrected chi connectivity index (χ3v) is 2.41. The van der Waals surface area contributed by atoms with Crippen LogP contribution in [0.2, 0.25) is 0 Å². The van der Waals surface area contributed by atoms with Crippen LogP contribution in [-0.2, 0) is 0 Å². The second kappa shape index (κ2) is 3.97. The molecule has 5 nitrogen and oxygen atoms in total. The summed E-state index contributed by atoms with van der Waals surface area (Å²) in [6.07, 6.45) is 3.02. The zero-order chi connectivity index (χ0) is 11.7. The number of rotatable bonds is 2. The van der Waals surface area contributed by atoms with Gasteiger partial charge >= 0.3 is 0 Å². The molecule has 0 fully saturated rings. The van der Waals surface area contributed by atoms with E-state index >= 15 is 0 Å². The largest absolute Gasteiger partial charge is 0.389 e. The Hall–Kier alpha value is -1.82. The predicted molar refractivity (Wildman–Crippen MR) is 64.5 cm³/mol. The molecule has 0 atom stereocenters. The fourth-order valence-corrected chi connectivity index (χ4v) is 1.86. The van der Waals surface area contributed by atoms with Gasteiger partial charge in [-0.05, 0) is 25.5 Å². The molecular weight excluding hydrogens is 222 g/mol. The second-order valence-electron chi connectivity index (χ2n) is 3.48. The third kappa shape index (κ3) is 1.79. The fraction of sp³-hybridized carbons (Fsp3) is 0.200. The summed E-state index contributed by atoms with van der Waals surface area (Å²) in [6, 6.07) is 1.94. The number of hydrogen-bond acceptors (Lipinski definition) is 4. The van der Waals surface area contributed by atoms with E-state index in [2.05, 4.69) is 15.1 Å². The van der Waals surface area contributed by atoms with Crippen LogP contribution < -0.4 is 5.73 Å². The highest BCUT2D eigenvalue weighted by molar-refractivity contribution is 7.80. The predicted octanol–water partition coefficient (Wildman–Crippen LogP) is 0.913. The Morgan fingerprint density at radius 2 is 2.19 bits per heavy atom. The van der Waals surface area contributed by atoms with Gasteiger partial charge in [0.05, 0.1) is 5.56 Å².